The van der Waals surface area contributed by atoms with Crippen LogP contribution in [0.15, 0.2) is 0 Å². The summed E-state index contributed by atoms with van der Waals surface area (Å²) < 4.78 is 0. The van der Waals surface area contributed by atoms with Crippen LogP contribution >= 0.6 is 0 Å². The van der Waals surface area contributed by atoms with Crippen molar-refractivity contribution in [3.8, 4) is 0 Å². The van der Waals surface area contributed by atoms with E-state index in [0.717, 1.165) is 38.5 Å². The van der Waals surface area contributed by atoms with Gasteiger partial charge in [-0.05, 0) is 50.4 Å². The molecular weight excluding hydrogens is 202 g/mol. The van der Waals surface area contributed by atoms with Crippen molar-refractivity contribution in [3.05, 3.63) is 0 Å². The molecule has 2 fully saturated rings. The predicted molar refractivity (Wildman–Crippen MR) is 63.3 cm³/mol. The summed E-state index contributed by atoms with van der Waals surface area (Å²) in [5, 5.41) is 12.8. The normalized spacial score (nSPS) is 35.3. The summed E-state index contributed by atoms with van der Waals surface area (Å²) in [6, 6.07) is 0.478. The highest BCUT2D eigenvalue weighted by atomic mass is 16.4. The Morgan fingerprint density at radius 2 is 1.81 bits per heavy atom. The Morgan fingerprint density at radius 1 is 1.25 bits per heavy atom. The maximum absolute atomic E-state index is 11.5. The largest absolute Gasteiger partial charge is 0.480 e. The van der Waals surface area contributed by atoms with E-state index in [4.69, 9.17) is 0 Å². The van der Waals surface area contributed by atoms with Gasteiger partial charge in [-0.15, -0.1) is 0 Å². The maximum Gasteiger partial charge on any atom is 0.323 e. The fourth-order valence-electron chi connectivity index (χ4n) is 2.84. The van der Waals surface area contributed by atoms with Crippen LogP contribution < -0.4 is 5.32 Å². The third-order valence-electron chi connectivity index (χ3n) is 4.29. The fourth-order valence-corrected chi connectivity index (χ4v) is 2.84. The van der Waals surface area contributed by atoms with Crippen molar-refractivity contribution in [3.63, 3.8) is 0 Å². The van der Waals surface area contributed by atoms with E-state index in [-0.39, 0.29) is 0 Å². The fraction of sp³-hybridized carbons (Fsp3) is 0.923. The van der Waals surface area contributed by atoms with E-state index in [9.17, 15) is 9.90 Å². The van der Waals surface area contributed by atoms with Crippen molar-refractivity contribution in [1.82, 2.24) is 5.32 Å². The zero-order chi connectivity index (χ0) is 11.8. The molecule has 0 heterocycles. The molecule has 0 unspecified atom stereocenters. The summed E-state index contributed by atoms with van der Waals surface area (Å²) in [7, 11) is 0. The minimum Gasteiger partial charge on any atom is -0.480 e. The highest BCUT2D eigenvalue weighted by molar-refractivity contribution is 5.79. The standard InChI is InChI=1S/C13H23NO2/c1-9(2)10-5-7-13(8-6-10,12(15)16)14-11-3-4-11/h9-11,14H,3-8H2,1-2H3,(H,15,16). The lowest BCUT2D eigenvalue weighted by Crippen LogP contribution is -2.55. The van der Waals surface area contributed by atoms with Gasteiger partial charge in [0.25, 0.3) is 0 Å². The number of aliphatic carboxylic acids is 1. The molecule has 92 valence electrons. The van der Waals surface area contributed by atoms with Crippen LogP contribution in [-0.2, 0) is 4.79 Å². The Kier molecular flexibility index (Phi) is 3.24. The van der Waals surface area contributed by atoms with Gasteiger partial charge in [0.1, 0.15) is 5.54 Å². The van der Waals surface area contributed by atoms with Crippen molar-refractivity contribution < 1.29 is 9.90 Å². The van der Waals surface area contributed by atoms with Crippen LogP contribution in [0, 0.1) is 11.8 Å². The number of nitrogens with one attached hydrogen (secondary N) is 1. The Labute approximate surface area is 97.6 Å². The van der Waals surface area contributed by atoms with Crippen molar-refractivity contribution in [2.24, 2.45) is 11.8 Å². The highest BCUT2D eigenvalue weighted by Gasteiger charge is 2.45. The summed E-state index contributed by atoms with van der Waals surface area (Å²) in [5.41, 5.74) is -0.605. The molecule has 3 heteroatoms. The van der Waals surface area contributed by atoms with Crippen molar-refractivity contribution in [2.45, 2.75) is 64.0 Å². The van der Waals surface area contributed by atoms with Crippen LogP contribution in [0.1, 0.15) is 52.4 Å². The van der Waals surface area contributed by atoms with Gasteiger partial charge in [-0.1, -0.05) is 13.8 Å². The molecule has 0 spiro atoms. The van der Waals surface area contributed by atoms with Gasteiger partial charge in [-0.2, -0.15) is 0 Å². The summed E-state index contributed by atoms with van der Waals surface area (Å²) >= 11 is 0. The first-order valence-electron chi connectivity index (χ1n) is 6.54. The van der Waals surface area contributed by atoms with E-state index in [1.54, 1.807) is 0 Å². The van der Waals surface area contributed by atoms with Crippen molar-refractivity contribution in [2.75, 3.05) is 0 Å². The molecule has 0 aromatic carbocycles. The topological polar surface area (TPSA) is 49.3 Å². The average Bonchev–Trinajstić information content (AvgIpc) is 3.02. The molecule has 0 atom stereocenters. The van der Waals surface area contributed by atoms with Gasteiger partial charge in [-0.3, -0.25) is 10.1 Å². The zero-order valence-electron chi connectivity index (χ0n) is 10.3. The van der Waals surface area contributed by atoms with E-state index in [2.05, 4.69) is 19.2 Å². The molecule has 3 nitrogen and oxygen atoms in total. The molecule has 0 bridgehead atoms. The molecule has 2 N–H and O–H groups in total. The molecule has 0 aliphatic heterocycles. The van der Waals surface area contributed by atoms with Gasteiger partial charge in [0.2, 0.25) is 0 Å². The van der Waals surface area contributed by atoms with Gasteiger partial charge in [0, 0.05) is 6.04 Å². The van der Waals surface area contributed by atoms with Crippen LogP contribution in [0.4, 0.5) is 0 Å². The molecular formula is C13H23NO2. The third-order valence-corrected chi connectivity index (χ3v) is 4.29. The SMILES string of the molecule is CC(C)C1CCC(NC2CC2)(C(=O)O)CC1. The average molecular weight is 225 g/mol. The van der Waals surface area contributed by atoms with E-state index in [0.29, 0.717) is 17.9 Å². The molecule has 2 aliphatic rings. The second kappa shape index (κ2) is 4.36. The highest BCUT2D eigenvalue weighted by Crippen LogP contribution is 2.38. The third kappa shape index (κ3) is 2.40. The second-order valence-electron chi connectivity index (χ2n) is 5.89. The lowest BCUT2D eigenvalue weighted by Gasteiger charge is -2.39. The van der Waals surface area contributed by atoms with Crippen LogP contribution in [0.25, 0.3) is 0 Å². The lowest BCUT2D eigenvalue weighted by molar-refractivity contribution is -0.147. The van der Waals surface area contributed by atoms with Gasteiger partial charge in [-0.25, -0.2) is 0 Å². The molecule has 2 saturated carbocycles. The number of carbonyl (C=O) groups is 1. The van der Waals surface area contributed by atoms with Crippen molar-refractivity contribution in [1.29, 1.82) is 0 Å². The molecule has 2 aliphatic carbocycles. The zero-order valence-corrected chi connectivity index (χ0v) is 10.3. The van der Waals surface area contributed by atoms with E-state index in [1.807, 2.05) is 0 Å². The molecule has 2 rings (SSSR count). The van der Waals surface area contributed by atoms with Crippen molar-refractivity contribution >= 4 is 5.97 Å². The van der Waals surface area contributed by atoms with Gasteiger partial charge < -0.3 is 5.11 Å². The van der Waals surface area contributed by atoms with Gasteiger partial charge in [0.05, 0.1) is 0 Å². The number of hydrogen-bond donors (Lipinski definition) is 2. The quantitative estimate of drug-likeness (QED) is 0.772. The number of carboxylic acids is 1. The summed E-state index contributed by atoms with van der Waals surface area (Å²) in [4.78, 5) is 11.5. The van der Waals surface area contributed by atoms with Crippen LogP contribution in [0.2, 0.25) is 0 Å². The Hall–Kier alpha value is -0.570. The minimum atomic E-state index is -0.637. The monoisotopic (exact) mass is 225 g/mol. The number of carboxylic acid groups (broad SMARTS) is 1. The first kappa shape index (κ1) is 11.9. The number of hydrogen-bond acceptors (Lipinski definition) is 2. The minimum absolute atomic E-state index is 0.478. The molecule has 16 heavy (non-hydrogen) atoms. The van der Waals surface area contributed by atoms with Crippen LogP contribution in [0.5, 0.6) is 0 Å². The number of rotatable bonds is 4. The Morgan fingerprint density at radius 3 is 2.19 bits per heavy atom. The lowest BCUT2D eigenvalue weighted by atomic mass is 9.72. The van der Waals surface area contributed by atoms with Crippen LogP contribution in [0.3, 0.4) is 0 Å². The summed E-state index contributed by atoms with van der Waals surface area (Å²) in [5.74, 6) is 0.766. The van der Waals surface area contributed by atoms with E-state index >= 15 is 0 Å². The second-order valence-corrected chi connectivity index (χ2v) is 5.89. The summed E-state index contributed by atoms with van der Waals surface area (Å²) in [6.07, 6.45) is 6.04. The first-order valence-corrected chi connectivity index (χ1v) is 6.54. The predicted octanol–water partition coefficient (Wildman–Crippen LogP) is 2.41. The first-order chi connectivity index (χ1) is 7.53. The molecule has 0 radical (unpaired) electrons. The maximum atomic E-state index is 11.5. The summed E-state index contributed by atoms with van der Waals surface area (Å²) in [6.45, 7) is 4.49. The van der Waals surface area contributed by atoms with Gasteiger partial charge in [0.15, 0.2) is 0 Å². The molecule has 0 aromatic heterocycles. The molecule has 0 amide bonds. The molecule has 0 aromatic rings. The van der Waals surface area contributed by atoms with E-state index < -0.39 is 11.5 Å². The smallest absolute Gasteiger partial charge is 0.323 e. The Balaban J connectivity index is 1.97. The molecule has 0 saturated heterocycles. The Bertz CT molecular complexity index is 263. The van der Waals surface area contributed by atoms with Gasteiger partial charge >= 0.3 is 5.97 Å². The van der Waals surface area contributed by atoms with Crippen LogP contribution in [-0.4, -0.2) is 22.7 Å². The van der Waals surface area contributed by atoms with E-state index in [1.165, 1.54) is 0 Å².